The van der Waals surface area contributed by atoms with Gasteiger partial charge in [0.1, 0.15) is 6.10 Å². The second-order valence-electron chi connectivity index (χ2n) is 8.61. The van der Waals surface area contributed by atoms with Gasteiger partial charge in [0.25, 0.3) is 5.91 Å². The van der Waals surface area contributed by atoms with Crippen molar-refractivity contribution in [2.45, 2.75) is 37.8 Å². The number of nitrogens with one attached hydrogen (secondary N) is 1. The lowest BCUT2D eigenvalue weighted by Crippen LogP contribution is -2.46. The molecule has 2 aromatic rings. The molecule has 2 N–H and O–H groups in total. The molecule has 0 radical (unpaired) electrons. The molecule has 0 unspecified atom stereocenters. The molecule has 1 saturated heterocycles. The van der Waals surface area contributed by atoms with Crippen LogP contribution in [0.15, 0.2) is 54.7 Å². The van der Waals surface area contributed by atoms with Gasteiger partial charge in [0, 0.05) is 24.3 Å². The normalized spacial score (nSPS) is 22.7. The Hall–Kier alpha value is -3.64. The smallest absolute Gasteiger partial charge is 0.409 e. The highest BCUT2D eigenvalue weighted by molar-refractivity contribution is 5.98. The zero-order valence-electron chi connectivity index (χ0n) is 20.8. The fourth-order valence-electron chi connectivity index (χ4n) is 4.02. The molecule has 0 bridgehead atoms. The van der Waals surface area contributed by atoms with E-state index in [0.29, 0.717) is 6.42 Å². The molecule has 0 saturated carbocycles. The van der Waals surface area contributed by atoms with E-state index in [2.05, 4.69) is 10.3 Å². The number of halogens is 3. The van der Waals surface area contributed by atoms with E-state index in [4.69, 9.17) is 18.9 Å². The van der Waals surface area contributed by atoms with Crippen molar-refractivity contribution in [3.05, 3.63) is 66.0 Å². The average molecular weight is 539 g/mol. The number of aromatic nitrogens is 1. The van der Waals surface area contributed by atoms with Gasteiger partial charge in [-0.05, 0) is 18.9 Å². The van der Waals surface area contributed by atoms with Crippen LogP contribution in [0.4, 0.5) is 13.2 Å². The minimum absolute atomic E-state index is 0.0235. The Morgan fingerprint density at radius 2 is 1.97 bits per heavy atom. The summed E-state index contributed by atoms with van der Waals surface area (Å²) >= 11 is 0. The van der Waals surface area contributed by atoms with E-state index in [1.807, 2.05) is 30.3 Å². The van der Waals surface area contributed by atoms with E-state index in [0.717, 1.165) is 11.6 Å². The van der Waals surface area contributed by atoms with Gasteiger partial charge >= 0.3 is 12.1 Å². The average Bonchev–Trinajstić information content (AvgIpc) is 2.91. The van der Waals surface area contributed by atoms with Crippen molar-refractivity contribution < 1.29 is 46.8 Å². The Kier molecular flexibility index (Phi) is 10.1. The minimum Gasteiger partial charge on any atom is -0.503 e. The molecule has 38 heavy (non-hydrogen) atoms. The number of hydrogen-bond acceptors (Lipinski definition) is 8. The molecule has 3 rings (SSSR count). The van der Waals surface area contributed by atoms with Crippen LogP contribution in [0.1, 0.15) is 23.0 Å². The molecule has 1 amide bonds. The summed E-state index contributed by atoms with van der Waals surface area (Å²) in [5.41, 5.74) is 0.576. The van der Waals surface area contributed by atoms with Crippen molar-refractivity contribution in [1.82, 2.24) is 10.3 Å². The Morgan fingerprint density at radius 1 is 1.24 bits per heavy atom. The molecule has 0 spiro atoms. The number of methoxy groups -OCH3 is 1. The van der Waals surface area contributed by atoms with E-state index in [1.54, 1.807) is 6.92 Å². The Bertz CT molecular complexity index is 1110. The molecule has 1 aromatic heterocycles. The third kappa shape index (κ3) is 8.18. The number of aromatic hydroxyl groups is 1. The van der Waals surface area contributed by atoms with Gasteiger partial charge in [-0.2, -0.15) is 13.2 Å². The predicted octanol–water partition coefficient (Wildman–Crippen LogP) is 3.22. The molecule has 9 nitrogen and oxygen atoms in total. The Labute approximate surface area is 217 Å². The molecule has 1 aliphatic rings. The highest BCUT2D eigenvalue weighted by Crippen LogP contribution is 2.28. The number of alkyl halides is 3. The van der Waals surface area contributed by atoms with E-state index >= 15 is 0 Å². The highest BCUT2D eigenvalue weighted by atomic mass is 19.4. The summed E-state index contributed by atoms with van der Waals surface area (Å²) in [6.45, 7) is 1.01. The van der Waals surface area contributed by atoms with Gasteiger partial charge in [0.15, 0.2) is 23.2 Å². The zero-order chi connectivity index (χ0) is 27.7. The SMILES string of the molecule is COc1ccnc(C(=O)N[C@H]2COC[C@H](Cc3ccccc3)[C@@H](OC/C=C/C(F)(F)F)[C@H](C)OC2=O)c1O. The number of rotatable bonds is 8. The van der Waals surface area contributed by atoms with Gasteiger partial charge in [-0.25, -0.2) is 9.78 Å². The van der Waals surface area contributed by atoms with E-state index in [9.17, 15) is 27.9 Å². The standard InChI is InChI=1S/C26H29F3N2O7/c1-16-23(37-12-6-10-26(27,28)29)18(13-17-7-4-3-5-8-17)14-36-15-19(25(34)38-16)31-24(33)21-22(32)20(35-2)9-11-30-21/h3-11,16,18-19,23,32H,12-15H2,1-2H3,(H,31,33)/b10-6+/t16-,18-,19-,23-/m0/s1. The second-order valence-corrected chi connectivity index (χ2v) is 8.61. The third-order valence-corrected chi connectivity index (χ3v) is 5.79. The maximum Gasteiger partial charge on any atom is 0.409 e. The van der Waals surface area contributed by atoms with Crippen LogP contribution in [0.25, 0.3) is 0 Å². The van der Waals surface area contributed by atoms with Crippen molar-refractivity contribution in [3.8, 4) is 11.5 Å². The molecule has 1 aliphatic heterocycles. The number of ether oxygens (including phenoxy) is 4. The molecule has 1 fully saturated rings. The third-order valence-electron chi connectivity index (χ3n) is 5.79. The van der Waals surface area contributed by atoms with Gasteiger partial charge < -0.3 is 29.4 Å². The molecule has 206 valence electrons. The Morgan fingerprint density at radius 3 is 2.66 bits per heavy atom. The van der Waals surface area contributed by atoms with Gasteiger partial charge in [-0.3, -0.25) is 4.79 Å². The summed E-state index contributed by atoms with van der Waals surface area (Å²) in [7, 11) is 1.31. The number of nitrogens with zero attached hydrogens (tertiary/aromatic N) is 1. The minimum atomic E-state index is -4.48. The first-order chi connectivity index (χ1) is 18.1. The first-order valence-electron chi connectivity index (χ1n) is 11.8. The number of cyclic esters (lactones) is 1. The van der Waals surface area contributed by atoms with Crippen LogP contribution in [0, 0.1) is 5.92 Å². The Balaban J connectivity index is 1.78. The predicted molar refractivity (Wildman–Crippen MR) is 129 cm³/mol. The summed E-state index contributed by atoms with van der Waals surface area (Å²) in [4.78, 5) is 29.5. The second kappa shape index (κ2) is 13.2. The van der Waals surface area contributed by atoms with Gasteiger partial charge in [-0.1, -0.05) is 36.4 Å². The fourth-order valence-corrected chi connectivity index (χ4v) is 4.02. The molecular weight excluding hydrogens is 509 g/mol. The maximum absolute atomic E-state index is 12.9. The topological polar surface area (TPSA) is 116 Å². The molecule has 4 atom stereocenters. The number of pyridine rings is 1. The van der Waals surface area contributed by atoms with Crippen molar-refractivity contribution in [2.75, 3.05) is 26.9 Å². The highest BCUT2D eigenvalue weighted by Gasteiger charge is 2.36. The largest absolute Gasteiger partial charge is 0.503 e. The number of carbonyl (C=O) groups is 2. The fraction of sp³-hybridized carbons (Fsp3) is 0.423. The van der Waals surface area contributed by atoms with Crippen molar-refractivity contribution in [3.63, 3.8) is 0 Å². The van der Waals surface area contributed by atoms with Crippen LogP contribution in [0.3, 0.4) is 0 Å². The van der Waals surface area contributed by atoms with Crippen LogP contribution in [0.5, 0.6) is 11.5 Å². The number of allylic oxidation sites excluding steroid dienone is 1. The van der Waals surface area contributed by atoms with Gasteiger partial charge in [-0.15, -0.1) is 0 Å². The number of amides is 1. The van der Waals surface area contributed by atoms with Gasteiger partial charge in [0.05, 0.1) is 33.0 Å². The van der Waals surface area contributed by atoms with Crippen LogP contribution < -0.4 is 10.1 Å². The van der Waals surface area contributed by atoms with Crippen LogP contribution in [0.2, 0.25) is 0 Å². The van der Waals surface area contributed by atoms with Gasteiger partial charge in [0.2, 0.25) is 0 Å². The lowest BCUT2D eigenvalue weighted by molar-refractivity contribution is -0.159. The van der Waals surface area contributed by atoms with E-state index in [-0.39, 0.29) is 37.3 Å². The summed E-state index contributed by atoms with van der Waals surface area (Å²) in [6.07, 6.45) is -3.56. The van der Waals surface area contributed by atoms with Crippen molar-refractivity contribution in [2.24, 2.45) is 5.92 Å². The zero-order valence-corrected chi connectivity index (χ0v) is 20.8. The number of carbonyl (C=O) groups excluding carboxylic acids is 2. The van der Waals surface area contributed by atoms with Crippen LogP contribution in [-0.2, 0) is 25.4 Å². The lowest BCUT2D eigenvalue weighted by Gasteiger charge is -2.30. The molecule has 0 aliphatic carbocycles. The lowest BCUT2D eigenvalue weighted by atomic mass is 9.91. The first kappa shape index (κ1) is 28.9. The monoisotopic (exact) mass is 538 g/mol. The van der Waals surface area contributed by atoms with Crippen molar-refractivity contribution in [1.29, 1.82) is 0 Å². The summed E-state index contributed by atoms with van der Waals surface area (Å²) in [5, 5.41) is 12.7. The summed E-state index contributed by atoms with van der Waals surface area (Å²) in [5.74, 6) is -2.56. The number of esters is 1. The quantitative estimate of drug-likeness (QED) is 0.389. The molecule has 12 heteroatoms. The summed E-state index contributed by atoms with van der Waals surface area (Å²) in [6, 6.07) is 9.45. The summed E-state index contributed by atoms with van der Waals surface area (Å²) < 4.78 is 59.7. The first-order valence-corrected chi connectivity index (χ1v) is 11.8. The molecular formula is C26H29F3N2O7. The van der Waals surface area contributed by atoms with Crippen molar-refractivity contribution >= 4 is 11.9 Å². The van der Waals surface area contributed by atoms with Crippen LogP contribution in [-0.4, -0.2) is 73.3 Å². The number of benzene rings is 1. The molecule has 1 aromatic carbocycles. The number of hydrogen-bond donors (Lipinski definition) is 2. The van der Waals surface area contributed by atoms with Crippen LogP contribution >= 0.6 is 0 Å². The maximum atomic E-state index is 12.9. The molecule has 2 heterocycles. The van der Waals surface area contributed by atoms with E-state index < -0.39 is 48.0 Å². The van der Waals surface area contributed by atoms with E-state index in [1.165, 1.54) is 19.4 Å².